The molecular formula is C21H27FN4O2. The summed E-state index contributed by atoms with van der Waals surface area (Å²) in [7, 11) is 0. The Labute approximate surface area is 165 Å². The number of benzene rings is 1. The first kappa shape index (κ1) is 20.0. The Bertz CT molecular complexity index is 803. The number of ether oxygens (including phenoxy) is 1. The molecule has 3 rings (SSSR count). The van der Waals surface area contributed by atoms with E-state index in [1.54, 1.807) is 12.1 Å². The highest BCUT2D eigenvalue weighted by atomic mass is 19.1. The van der Waals surface area contributed by atoms with Gasteiger partial charge in [-0.2, -0.15) is 0 Å². The fraction of sp³-hybridized carbons (Fsp3) is 0.476. The number of piperidine rings is 1. The van der Waals surface area contributed by atoms with E-state index >= 15 is 0 Å². The first-order valence-corrected chi connectivity index (χ1v) is 9.57. The second-order valence-corrected chi connectivity index (χ2v) is 8.19. The predicted molar refractivity (Wildman–Crippen MR) is 107 cm³/mol. The molecule has 0 spiro atoms. The molecule has 1 aromatic carbocycles. The molecule has 1 amide bonds. The number of amides is 1. The monoisotopic (exact) mass is 386 g/mol. The summed E-state index contributed by atoms with van der Waals surface area (Å²) in [5, 5.41) is 11.6. The van der Waals surface area contributed by atoms with Crippen LogP contribution in [-0.2, 0) is 4.74 Å². The molecule has 6 nitrogen and oxygen atoms in total. The van der Waals surface area contributed by atoms with Crippen molar-refractivity contribution in [3.8, 4) is 11.3 Å². The Balaban J connectivity index is 1.60. The van der Waals surface area contributed by atoms with Gasteiger partial charge in [-0.15, -0.1) is 10.2 Å². The summed E-state index contributed by atoms with van der Waals surface area (Å²) < 4.78 is 18.4. The number of carbonyl (C=O) groups excluding carboxylic acids is 1. The van der Waals surface area contributed by atoms with Gasteiger partial charge in [0, 0.05) is 24.2 Å². The van der Waals surface area contributed by atoms with Crippen LogP contribution in [0.1, 0.15) is 40.5 Å². The minimum atomic E-state index is -0.502. The van der Waals surface area contributed by atoms with Crippen LogP contribution in [0.2, 0.25) is 0 Å². The third-order valence-corrected chi connectivity index (χ3v) is 4.68. The van der Waals surface area contributed by atoms with Crippen LogP contribution < -0.4 is 10.2 Å². The first-order chi connectivity index (χ1) is 13.2. The predicted octanol–water partition coefficient (Wildman–Crippen LogP) is 4.16. The third-order valence-electron chi connectivity index (χ3n) is 4.68. The van der Waals surface area contributed by atoms with Crippen LogP contribution in [0.4, 0.5) is 15.0 Å². The summed E-state index contributed by atoms with van der Waals surface area (Å²) >= 11 is 0. The molecule has 0 aliphatic carbocycles. The lowest BCUT2D eigenvalue weighted by Gasteiger charge is -2.38. The summed E-state index contributed by atoms with van der Waals surface area (Å²) in [5.41, 5.74) is 1.03. The molecular weight excluding hydrogens is 359 g/mol. The number of nitrogens with zero attached hydrogens (tertiary/aromatic N) is 3. The zero-order chi connectivity index (χ0) is 20.3. The van der Waals surface area contributed by atoms with E-state index in [9.17, 15) is 9.18 Å². The quantitative estimate of drug-likeness (QED) is 0.858. The molecule has 2 atom stereocenters. The first-order valence-electron chi connectivity index (χ1n) is 9.57. The molecule has 2 aromatic rings. The maximum absolute atomic E-state index is 13.1. The second kappa shape index (κ2) is 8.12. The number of nitrogens with one attached hydrogen (secondary N) is 1. The number of carbonyl (C=O) groups is 1. The fourth-order valence-corrected chi connectivity index (χ4v) is 3.37. The van der Waals surface area contributed by atoms with Crippen molar-refractivity contribution in [3.63, 3.8) is 0 Å². The molecule has 28 heavy (non-hydrogen) atoms. The van der Waals surface area contributed by atoms with Crippen molar-refractivity contribution in [2.24, 2.45) is 0 Å². The average Bonchev–Trinajstić information content (AvgIpc) is 2.61. The maximum Gasteiger partial charge on any atom is 0.407 e. The third kappa shape index (κ3) is 5.18. The lowest BCUT2D eigenvalue weighted by Crippen LogP contribution is -2.50. The summed E-state index contributed by atoms with van der Waals surface area (Å²) in [5.74, 6) is 0.527. The van der Waals surface area contributed by atoms with Crippen molar-refractivity contribution >= 4 is 11.9 Å². The van der Waals surface area contributed by atoms with Crippen molar-refractivity contribution in [2.75, 3.05) is 11.4 Å². The van der Waals surface area contributed by atoms with Gasteiger partial charge >= 0.3 is 6.09 Å². The SMILES string of the molecule is CC1CC(NC(=O)OC(C)(C)C)CCN1c1ccc(-c2ccc(F)cc2)nn1. The van der Waals surface area contributed by atoms with E-state index in [4.69, 9.17) is 4.74 Å². The summed E-state index contributed by atoms with van der Waals surface area (Å²) in [6.07, 6.45) is 1.24. The molecule has 0 saturated carbocycles. The minimum absolute atomic E-state index is 0.0764. The molecule has 0 bridgehead atoms. The molecule has 1 aliphatic heterocycles. The minimum Gasteiger partial charge on any atom is -0.444 e. The standard InChI is InChI=1S/C21H27FN4O2/c1-14-13-17(23-20(27)28-21(2,3)4)11-12-26(14)19-10-9-18(24-25-19)15-5-7-16(22)8-6-15/h5-10,14,17H,11-13H2,1-4H3,(H,23,27). The largest absolute Gasteiger partial charge is 0.444 e. The van der Waals surface area contributed by atoms with Gasteiger partial charge in [0.25, 0.3) is 0 Å². The smallest absolute Gasteiger partial charge is 0.407 e. The summed E-state index contributed by atoms with van der Waals surface area (Å²) in [6, 6.07) is 10.3. The number of aromatic nitrogens is 2. The van der Waals surface area contributed by atoms with Crippen LogP contribution in [-0.4, -0.2) is 40.5 Å². The van der Waals surface area contributed by atoms with E-state index in [0.29, 0.717) is 5.69 Å². The molecule has 1 aliphatic rings. The molecule has 1 aromatic heterocycles. The van der Waals surface area contributed by atoms with E-state index in [-0.39, 0.29) is 24.0 Å². The van der Waals surface area contributed by atoms with Gasteiger partial charge in [0.15, 0.2) is 5.82 Å². The summed E-state index contributed by atoms with van der Waals surface area (Å²) in [6.45, 7) is 8.44. The van der Waals surface area contributed by atoms with Gasteiger partial charge in [0.05, 0.1) is 5.69 Å². The second-order valence-electron chi connectivity index (χ2n) is 8.19. The fourth-order valence-electron chi connectivity index (χ4n) is 3.37. The van der Waals surface area contributed by atoms with Crippen molar-refractivity contribution in [3.05, 3.63) is 42.2 Å². The van der Waals surface area contributed by atoms with Crippen LogP contribution >= 0.6 is 0 Å². The van der Waals surface area contributed by atoms with Gasteiger partial charge in [0.2, 0.25) is 0 Å². The molecule has 2 heterocycles. The highest BCUT2D eigenvalue weighted by Crippen LogP contribution is 2.25. The van der Waals surface area contributed by atoms with Crippen LogP contribution in [0.3, 0.4) is 0 Å². The Kier molecular flexibility index (Phi) is 5.82. The number of hydrogen-bond donors (Lipinski definition) is 1. The average molecular weight is 386 g/mol. The number of hydrogen-bond acceptors (Lipinski definition) is 5. The Morgan fingerprint density at radius 3 is 2.46 bits per heavy atom. The van der Waals surface area contributed by atoms with E-state index in [0.717, 1.165) is 30.8 Å². The number of anilines is 1. The Hall–Kier alpha value is -2.70. The lowest BCUT2D eigenvalue weighted by molar-refractivity contribution is 0.0494. The molecule has 1 saturated heterocycles. The van der Waals surface area contributed by atoms with Gasteiger partial charge in [0.1, 0.15) is 11.4 Å². The van der Waals surface area contributed by atoms with Crippen molar-refractivity contribution < 1.29 is 13.9 Å². The van der Waals surface area contributed by atoms with Crippen LogP contribution in [0.5, 0.6) is 0 Å². The lowest BCUT2D eigenvalue weighted by atomic mass is 9.98. The van der Waals surface area contributed by atoms with Crippen LogP contribution in [0.25, 0.3) is 11.3 Å². The summed E-state index contributed by atoms with van der Waals surface area (Å²) in [4.78, 5) is 14.2. The van der Waals surface area contributed by atoms with Gasteiger partial charge in [-0.3, -0.25) is 0 Å². The van der Waals surface area contributed by atoms with Gasteiger partial charge in [-0.1, -0.05) is 0 Å². The normalized spacial score (nSPS) is 20.0. The van der Waals surface area contributed by atoms with Gasteiger partial charge in [-0.05, 0) is 76.9 Å². The van der Waals surface area contributed by atoms with Crippen molar-refractivity contribution in [2.45, 2.75) is 58.2 Å². The molecule has 1 N–H and O–H groups in total. The molecule has 1 fully saturated rings. The highest BCUT2D eigenvalue weighted by Gasteiger charge is 2.28. The Morgan fingerprint density at radius 1 is 1.18 bits per heavy atom. The van der Waals surface area contributed by atoms with Crippen molar-refractivity contribution in [1.82, 2.24) is 15.5 Å². The van der Waals surface area contributed by atoms with Gasteiger partial charge < -0.3 is 15.0 Å². The van der Waals surface area contributed by atoms with E-state index in [1.807, 2.05) is 32.9 Å². The van der Waals surface area contributed by atoms with Crippen molar-refractivity contribution in [1.29, 1.82) is 0 Å². The number of alkyl carbamates (subject to hydrolysis) is 1. The van der Waals surface area contributed by atoms with Crippen LogP contribution in [0, 0.1) is 5.82 Å². The molecule has 7 heteroatoms. The zero-order valence-electron chi connectivity index (χ0n) is 16.8. The van der Waals surface area contributed by atoms with E-state index in [2.05, 4.69) is 27.3 Å². The molecule has 0 radical (unpaired) electrons. The van der Waals surface area contributed by atoms with Crippen LogP contribution in [0.15, 0.2) is 36.4 Å². The highest BCUT2D eigenvalue weighted by molar-refractivity contribution is 5.68. The Morgan fingerprint density at radius 2 is 1.89 bits per heavy atom. The number of rotatable bonds is 3. The zero-order valence-corrected chi connectivity index (χ0v) is 16.8. The maximum atomic E-state index is 13.1. The topological polar surface area (TPSA) is 67.3 Å². The van der Waals surface area contributed by atoms with E-state index < -0.39 is 5.60 Å². The van der Waals surface area contributed by atoms with Gasteiger partial charge in [-0.25, -0.2) is 9.18 Å². The number of halogens is 1. The molecule has 150 valence electrons. The molecule has 2 unspecified atom stereocenters. The van der Waals surface area contributed by atoms with E-state index in [1.165, 1.54) is 12.1 Å².